The van der Waals surface area contributed by atoms with Gasteiger partial charge in [-0.2, -0.15) is 4.98 Å². The summed E-state index contributed by atoms with van der Waals surface area (Å²) >= 11 is 5.76. The van der Waals surface area contributed by atoms with Crippen LogP contribution in [0.2, 0.25) is 5.02 Å². The van der Waals surface area contributed by atoms with Crippen LogP contribution in [0.4, 0.5) is 14.5 Å². The predicted octanol–water partition coefficient (Wildman–Crippen LogP) is 4.20. The molecule has 1 amide bonds. The van der Waals surface area contributed by atoms with Gasteiger partial charge in [-0.3, -0.25) is 4.79 Å². The highest BCUT2D eigenvalue weighted by Crippen LogP contribution is 2.34. The smallest absolute Gasteiger partial charge is 0.232 e. The molecule has 0 spiro atoms. The van der Waals surface area contributed by atoms with E-state index in [1.807, 2.05) is 0 Å². The molecule has 1 unspecified atom stereocenters. The zero-order chi connectivity index (χ0) is 19.8. The van der Waals surface area contributed by atoms with E-state index >= 15 is 0 Å². The number of carbonyl (C=O) groups excluding carboxylic acids is 1. The quantitative estimate of drug-likeness (QED) is 0.650. The molecule has 0 radical (unpaired) electrons. The molecule has 1 aromatic heterocycles. The Morgan fingerprint density at radius 3 is 2.75 bits per heavy atom. The van der Waals surface area contributed by atoms with E-state index in [0.717, 1.165) is 6.07 Å². The summed E-state index contributed by atoms with van der Waals surface area (Å²) in [5, 5.41) is 4.11. The van der Waals surface area contributed by atoms with Gasteiger partial charge in [0.05, 0.1) is 18.7 Å². The van der Waals surface area contributed by atoms with Gasteiger partial charge in [0.25, 0.3) is 0 Å². The zero-order valence-electron chi connectivity index (χ0n) is 14.7. The summed E-state index contributed by atoms with van der Waals surface area (Å²) < 4.78 is 38.2. The molecule has 144 valence electrons. The second-order valence-electron chi connectivity index (χ2n) is 6.31. The van der Waals surface area contributed by atoms with E-state index in [9.17, 15) is 13.6 Å². The number of aromatic nitrogens is 2. The van der Waals surface area contributed by atoms with Gasteiger partial charge in [-0.05, 0) is 36.4 Å². The normalized spacial score (nSPS) is 16.6. The molecule has 1 atom stereocenters. The lowest BCUT2D eigenvalue weighted by atomic mass is 10.1. The molecular formula is C19H14ClF2N3O3. The minimum atomic E-state index is -0.582. The van der Waals surface area contributed by atoms with Crippen LogP contribution in [0.15, 0.2) is 40.9 Å². The SMILES string of the molecule is COc1ccc(-c2noc(C3CC(=O)N(c4ccc(Cl)cc4F)C3)n2)cc1F. The molecule has 4 rings (SSSR count). The van der Waals surface area contributed by atoms with E-state index in [0.29, 0.717) is 5.56 Å². The molecule has 1 fully saturated rings. The fraction of sp³-hybridized carbons (Fsp3) is 0.211. The first-order valence-electron chi connectivity index (χ1n) is 8.39. The van der Waals surface area contributed by atoms with Crippen molar-refractivity contribution in [3.05, 3.63) is 58.9 Å². The van der Waals surface area contributed by atoms with E-state index in [1.54, 1.807) is 6.07 Å². The number of hydrogen-bond acceptors (Lipinski definition) is 5. The van der Waals surface area contributed by atoms with Crippen molar-refractivity contribution < 1.29 is 22.8 Å². The Hall–Kier alpha value is -3.00. The summed E-state index contributed by atoms with van der Waals surface area (Å²) in [5.74, 6) is -1.26. The molecule has 28 heavy (non-hydrogen) atoms. The van der Waals surface area contributed by atoms with Crippen LogP contribution < -0.4 is 9.64 Å². The van der Waals surface area contributed by atoms with Crippen molar-refractivity contribution in [2.24, 2.45) is 0 Å². The van der Waals surface area contributed by atoms with Gasteiger partial charge in [0, 0.05) is 23.6 Å². The lowest BCUT2D eigenvalue weighted by molar-refractivity contribution is -0.117. The number of ether oxygens (including phenoxy) is 1. The summed E-state index contributed by atoms with van der Waals surface area (Å²) in [7, 11) is 1.37. The molecule has 2 aromatic carbocycles. The van der Waals surface area contributed by atoms with Crippen molar-refractivity contribution in [2.75, 3.05) is 18.6 Å². The van der Waals surface area contributed by atoms with Gasteiger partial charge in [0.1, 0.15) is 5.82 Å². The minimum Gasteiger partial charge on any atom is -0.494 e. The van der Waals surface area contributed by atoms with Crippen LogP contribution in [0, 0.1) is 11.6 Å². The number of rotatable bonds is 4. The first kappa shape index (κ1) is 18.4. The first-order chi connectivity index (χ1) is 13.5. The van der Waals surface area contributed by atoms with E-state index < -0.39 is 17.6 Å². The molecule has 0 saturated carbocycles. The Labute approximate surface area is 163 Å². The molecule has 2 heterocycles. The zero-order valence-corrected chi connectivity index (χ0v) is 15.4. The van der Waals surface area contributed by atoms with Crippen LogP contribution in [0.5, 0.6) is 5.75 Å². The van der Waals surface area contributed by atoms with E-state index in [-0.39, 0.29) is 47.0 Å². The largest absolute Gasteiger partial charge is 0.494 e. The Morgan fingerprint density at radius 1 is 1.21 bits per heavy atom. The van der Waals surface area contributed by atoms with Crippen molar-refractivity contribution >= 4 is 23.2 Å². The second-order valence-corrected chi connectivity index (χ2v) is 6.74. The van der Waals surface area contributed by atoms with Crippen molar-refractivity contribution in [3.8, 4) is 17.1 Å². The Balaban J connectivity index is 1.56. The van der Waals surface area contributed by atoms with Gasteiger partial charge >= 0.3 is 0 Å². The number of carbonyl (C=O) groups is 1. The maximum atomic E-state index is 14.2. The van der Waals surface area contributed by atoms with Crippen molar-refractivity contribution in [1.82, 2.24) is 10.1 Å². The van der Waals surface area contributed by atoms with Crippen LogP contribution >= 0.6 is 11.6 Å². The Morgan fingerprint density at radius 2 is 2.04 bits per heavy atom. The van der Waals surface area contributed by atoms with Crippen LogP contribution in [-0.4, -0.2) is 29.7 Å². The highest BCUT2D eigenvalue weighted by molar-refractivity contribution is 6.30. The standard InChI is InChI=1S/C19H14ClF2N3O3/c1-27-16-5-2-10(6-14(16)22)18-23-19(28-24-18)11-7-17(26)25(9-11)15-4-3-12(20)8-13(15)21/h2-6,8,11H,7,9H2,1H3. The number of methoxy groups -OCH3 is 1. The van der Waals surface area contributed by atoms with Gasteiger partial charge in [0.2, 0.25) is 17.6 Å². The summed E-state index contributed by atoms with van der Waals surface area (Å²) in [6.45, 7) is 0.190. The Bertz CT molecular complexity index is 1060. The number of anilines is 1. The third-order valence-corrected chi connectivity index (χ3v) is 4.76. The van der Waals surface area contributed by atoms with E-state index in [4.69, 9.17) is 20.9 Å². The minimum absolute atomic E-state index is 0.0979. The number of amides is 1. The Kier molecular flexibility index (Phi) is 4.72. The summed E-state index contributed by atoms with van der Waals surface area (Å²) in [6.07, 6.45) is 0.0979. The molecule has 3 aromatic rings. The number of halogens is 3. The van der Waals surface area contributed by atoms with Gasteiger partial charge in [0.15, 0.2) is 11.6 Å². The summed E-state index contributed by atoms with van der Waals surface area (Å²) in [4.78, 5) is 18.0. The fourth-order valence-electron chi connectivity index (χ4n) is 3.13. The fourth-order valence-corrected chi connectivity index (χ4v) is 3.29. The van der Waals surface area contributed by atoms with Crippen LogP contribution in [-0.2, 0) is 4.79 Å². The van der Waals surface area contributed by atoms with Gasteiger partial charge in [-0.1, -0.05) is 16.8 Å². The molecule has 9 heteroatoms. The molecule has 1 aliphatic rings. The molecule has 0 N–H and O–H groups in total. The molecule has 1 aliphatic heterocycles. The van der Waals surface area contributed by atoms with Crippen molar-refractivity contribution in [3.63, 3.8) is 0 Å². The highest BCUT2D eigenvalue weighted by Gasteiger charge is 2.36. The average Bonchev–Trinajstić information content (AvgIpc) is 3.29. The monoisotopic (exact) mass is 405 g/mol. The molecule has 6 nitrogen and oxygen atoms in total. The van der Waals surface area contributed by atoms with Crippen molar-refractivity contribution in [2.45, 2.75) is 12.3 Å². The molecule has 0 aliphatic carbocycles. The lowest BCUT2D eigenvalue weighted by Gasteiger charge is -2.16. The average molecular weight is 406 g/mol. The third-order valence-electron chi connectivity index (χ3n) is 4.53. The lowest BCUT2D eigenvalue weighted by Crippen LogP contribution is -2.25. The predicted molar refractivity (Wildman–Crippen MR) is 97.4 cm³/mol. The van der Waals surface area contributed by atoms with Crippen LogP contribution in [0.25, 0.3) is 11.4 Å². The molecular weight excluding hydrogens is 392 g/mol. The third kappa shape index (κ3) is 3.31. The molecule has 1 saturated heterocycles. The first-order valence-corrected chi connectivity index (χ1v) is 8.77. The van der Waals surface area contributed by atoms with Gasteiger partial charge in [-0.15, -0.1) is 0 Å². The summed E-state index contributed by atoms with van der Waals surface area (Å²) in [5.41, 5.74) is 0.562. The topological polar surface area (TPSA) is 68.5 Å². The number of hydrogen-bond donors (Lipinski definition) is 0. The van der Waals surface area contributed by atoms with Crippen LogP contribution in [0.1, 0.15) is 18.2 Å². The van der Waals surface area contributed by atoms with Gasteiger partial charge in [-0.25, -0.2) is 8.78 Å². The highest BCUT2D eigenvalue weighted by atomic mass is 35.5. The molecule has 0 bridgehead atoms. The van der Waals surface area contributed by atoms with Gasteiger partial charge < -0.3 is 14.2 Å². The maximum Gasteiger partial charge on any atom is 0.232 e. The number of benzene rings is 2. The van der Waals surface area contributed by atoms with E-state index in [1.165, 1.54) is 36.3 Å². The van der Waals surface area contributed by atoms with E-state index in [2.05, 4.69) is 10.1 Å². The second kappa shape index (κ2) is 7.20. The summed E-state index contributed by atoms with van der Waals surface area (Å²) in [6, 6.07) is 8.43. The van der Waals surface area contributed by atoms with Crippen LogP contribution in [0.3, 0.4) is 0 Å². The number of nitrogens with zero attached hydrogens (tertiary/aromatic N) is 3. The maximum absolute atomic E-state index is 14.2. The van der Waals surface area contributed by atoms with Crippen molar-refractivity contribution in [1.29, 1.82) is 0 Å².